The fraction of sp³-hybridized carbons (Fsp3) is 0.545. The summed E-state index contributed by atoms with van der Waals surface area (Å²) < 4.78 is 57.3. The van der Waals surface area contributed by atoms with Crippen molar-refractivity contribution in [3.05, 3.63) is 62.9 Å². The van der Waals surface area contributed by atoms with E-state index in [0.717, 1.165) is 17.2 Å². The van der Waals surface area contributed by atoms with Crippen molar-refractivity contribution >= 4 is 7.75 Å². The van der Waals surface area contributed by atoms with Gasteiger partial charge in [0.15, 0.2) is 18.7 Å². The van der Waals surface area contributed by atoms with Crippen LogP contribution in [0.4, 0.5) is 4.39 Å². The van der Waals surface area contributed by atoms with Crippen LogP contribution in [0, 0.1) is 6.92 Å². The van der Waals surface area contributed by atoms with Crippen LogP contribution in [0.3, 0.4) is 0 Å². The normalized spacial score (nSPS) is 27.4. The van der Waals surface area contributed by atoms with Crippen LogP contribution in [0.5, 0.6) is 5.75 Å². The Kier molecular flexibility index (Phi) is 8.41. The first-order chi connectivity index (χ1) is 17.2. The maximum atomic E-state index is 14.9. The highest BCUT2D eigenvalue weighted by molar-refractivity contribution is 7.52. The molecule has 1 aromatic heterocycles. The molecule has 2 saturated heterocycles. The van der Waals surface area contributed by atoms with Crippen LogP contribution < -0.4 is 20.9 Å². The van der Waals surface area contributed by atoms with Crippen LogP contribution in [-0.2, 0) is 23.3 Å². The van der Waals surface area contributed by atoms with Gasteiger partial charge in [-0.3, -0.25) is 18.9 Å². The van der Waals surface area contributed by atoms with E-state index >= 15 is 0 Å². The van der Waals surface area contributed by atoms with Gasteiger partial charge in [-0.1, -0.05) is 18.2 Å². The number of ether oxygens (including phenoxy) is 3. The van der Waals surface area contributed by atoms with Crippen molar-refractivity contribution in [2.45, 2.75) is 57.2 Å². The summed E-state index contributed by atoms with van der Waals surface area (Å²) in [4.78, 5) is 25.9. The number of aryl methyl sites for hydroxylation is 1. The Morgan fingerprint density at radius 3 is 2.67 bits per heavy atom. The predicted octanol–water partition coefficient (Wildman–Crippen LogP) is 1.39. The molecule has 1 unspecified atom stereocenters. The Labute approximate surface area is 205 Å². The number of aromatic amines is 1. The van der Waals surface area contributed by atoms with Crippen molar-refractivity contribution in [3.63, 3.8) is 0 Å². The number of alkyl halides is 1. The van der Waals surface area contributed by atoms with Gasteiger partial charge in [0.05, 0.1) is 25.9 Å². The molecular weight excluding hydrogens is 500 g/mol. The summed E-state index contributed by atoms with van der Waals surface area (Å²) >= 11 is 0. The summed E-state index contributed by atoms with van der Waals surface area (Å²) in [6.45, 7) is 3.54. The Hall–Kier alpha value is -2.38. The quantitative estimate of drug-likeness (QED) is 0.407. The zero-order valence-electron chi connectivity index (χ0n) is 19.7. The largest absolute Gasteiger partial charge is 0.459 e. The average molecular weight is 529 g/mol. The maximum Gasteiger partial charge on any atom is 0.459 e. The number of hydrogen-bond donors (Lipinski definition) is 3. The molecule has 3 heterocycles. The van der Waals surface area contributed by atoms with Gasteiger partial charge in [-0.2, -0.15) is 0 Å². The maximum absolute atomic E-state index is 14.9. The van der Waals surface area contributed by atoms with Crippen LogP contribution in [0.25, 0.3) is 0 Å². The molecule has 1 aromatic carbocycles. The molecule has 14 heteroatoms. The number of aliphatic hydroxyl groups is 1. The first kappa shape index (κ1) is 26.7. The topological polar surface area (TPSA) is 150 Å². The monoisotopic (exact) mass is 529 g/mol. The zero-order chi connectivity index (χ0) is 25.9. The molecule has 3 N–H and O–H groups in total. The highest BCUT2D eigenvalue weighted by Gasteiger charge is 2.47. The Morgan fingerprint density at radius 1 is 1.28 bits per heavy atom. The van der Waals surface area contributed by atoms with E-state index in [4.69, 9.17) is 23.3 Å². The van der Waals surface area contributed by atoms with Gasteiger partial charge in [-0.15, -0.1) is 0 Å². The predicted molar refractivity (Wildman–Crippen MR) is 124 cm³/mol. The molecule has 0 bridgehead atoms. The second-order valence-electron chi connectivity index (χ2n) is 8.56. The fourth-order valence-corrected chi connectivity index (χ4v) is 5.37. The van der Waals surface area contributed by atoms with Crippen LogP contribution in [0.1, 0.15) is 25.1 Å². The van der Waals surface area contributed by atoms with Gasteiger partial charge in [-0.25, -0.2) is 18.8 Å². The number of halogens is 1. The van der Waals surface area contributed by atoms with Crippen molar-refractivity contribution in [1.82, 2.24) is 14.6 Å². The molecule has 36 heavy (non-hydrogen) atoms. The molecule has 0 aliphatic carbocycles. The minimum atomic E-state index is -4.12. The van der Waals surface area contributed by atoms with E-state index < -0.39 is 62.5 Å². The third kappa shape index (κ3) is 6.12. The summed E-state index contributed by atoms with van der Waals surface area (Å²) in [5.41, 5.74) is -1.35. The smallest absolute Gasteiger partial charge is 0.413 e. The molecule has 12 nitrogen and oxygen atoms in total. The summed E-state index contributed by atoms with van der Waals surface area (Å²) in [6, 6.07) is 7.66. The molecule has 0 saturated carbocycles. The van der Waals surface area contributed by atoms with E-state index in [9.17, 15) is 23.7 Å². The Morgan fingerprint density at radius 2 is 1.97 bits per heavy atom. The van der Waals surface area contributed by atoms with Crippen LogP contribution in [0.15, 0.2) is 46.1 Å². The summed E-state index contributed by atoms with van der Waals surface area (Å²) in [6.07, 6.45) is -5.37. The van der Waals surface area contributed by atoms with Gasteiger partial charge in [-0.05, 0) is 32.4 Å². The Balaban J connectivity index is 1.49. The molecule has 0 amide bonds. The fourth-order valence-electron chi connectivity index (χ4n) is 3.83. The van der Waals surface area contributed by atoms with Gasteiger partial charge in [0.25, 0.3) is 5.56 Å². The molecule has 0 radical (unpaired) electrons. The van der Waals surface area contributed by atoms with E-state index in [1.165, 1.54) is 6.92 Å². The number of benzene rings is 1. The second kappa shape index (κ2) is 11.3. The lowest BCUT2D eigenvalue weighted by molar-refractivity contribution is -0.188. The number of hydrogen-bond acceptors (Lipinski definition) is 9. The standard InChI is InChI=1S/C22H29FN3O9P/c1-13-11-26(22(29)24-19(13)28)20-17(23)18(27)16(34-20)12-33-36(30,35-15-7-4-3-5-8-15)25-14(2)21-31-9-6-10-32-21/h3-5,7-8,11,14,16-18,20-21,27H,6,9-10,12H2,1-2H3,(H,25,30)(H,24,28,29)/t14-,16-,17+,18-,20-,36?/m0/s1. The lowest BCUT2D eigenvalue weighted by atomic mass is 10.1. The van der Waals surface area contributed by atoms with Crippen LogP contribution in [0.2, 0.25) is 0 Å². The van der Waals surface area contributed by atoms with Crippen molar-refractivity contribution in [3.8, 4) is 5.75 Å². The third-order valence-corrected chi connectivity index (χ3v) is 7.38. The van der Waals surface area contributed by atoms with Gasteiger partial charge in [0.1, 0.15) is 18.0 Å². The molecule has 2 aliphatic heterocycles. The number of nitrogens with one attached hydrogen (secondary N) is 2. The Bertz CT molecular complexity index is 1190. The second-order valence-corrected chi connectivity index (χ2v) is 10.3. The van der Waals surface area contributed by atoms with Gasteiger partial charge in [0.2, 0.25) is 0 Å². The van der Waals surface area contributed by atoms with E-state index in [-0.39, 0.29) is 11.3 Å². The molecule has 2 aliphatic rings. The van der Waals surface area contributed by atoms with Crippen molar-refractivity contribution in [1.29, 1.82) is 0 Å². The SMILES string of the molecule is Cc1cn([C@H]2O[C@@H](COP(=O)(N[C@@H](C)C3OCCCO3)Oc3ccccc3)[C@H](O)[C@H]2F)c(=O)[nH]c1=O. The van der Waals surface area contributed by atoms with E-state index in [0.29, 0.717) is 13.2 Å². The lowest BCUT2D eigenvalue weighted by Gasteiger charge is -2.31. The number of rotatable bonds is 9. The summed E-state index contributed by atoms with van der Waals surface area (Å²) in [5.74, 6) is 0.246. The molecule has 2 fully saturated rings. The summed E-state index contributed by atoms with van der Waals surface area (Å²) in [5, 5.41) is 13.2. The highest BCUT2D eigenvalue weighted by Crippen LogP contribution is 2.46. The molecular formula is C22H29FN3O9P. The van der Waals surface area contributed by atoms with Crippen LogP contribution >= 0.6 is 7.75 Å². The van der Waals surface area contributed by atoms with E-state index in [2.05, 4.69) is 10.1 Å². The highest BCUT2D eigenvalue weighted by atomic mass is 31.2. The van der Waals surface area contributed by atoms with Crippen molar-refractivity contribution in [2.75, 3.05) is 19.8 Å². The number of para-hydroxylation sites is 1. The molecule has 198 valence electrons. The minimum absolute atomic E-state index is 0.158. The third-order valence-electron chi connectivity index (χ3n) is 5.71. The van der Waals surface area contributed by atoms with Crippen molar-refractivity contribution in [2.24, 2.45) is 0 Å². The molecule has 4 rings (SSSR count). The first-order valence-corrected chi connectivity index (χ1v) is 13.0. The lowest BCUT2D eigenvalue weighted by Crippen LogP contribution is -2.43. The molecule has 2 aromatic rings. The summed E-state index contributed by atoms with van der Waals surface area (Å²) in [7, 11) is -4.12. The van der Waals surface area contributed by atoms with E-state index in [1.807, 2.05) is 0 Å². The van der Waals surface area contributed by atoms with E-state index in [1.54, 1.807) is 37.3 Å². The van der Waals surface area contributed by atoms with Crippen LogP contribution in [-0.4, -0.2) is 65.2 Å². The average Bonchev–Trinajstić information content (AvgIpc) is 3.14. The van der Waals surface area contributed by atoms with Crippen molar-refractivity contribution < 1.29 is 37.3 Å². The number of aromatic nitrogens is 2. The number of H-pyrrole nitrogens is 1. The van der Waals surface area contributed by atoms with Gasteiger partial charge < -0.3 is 23.8 Å². The van der Waals surface area contributed by atoms with Gasteiger partial charge >= 0.3 is 13.4 Å². The minimum Gasteiger partial charge on any atom is -0.413 e. The van der Waals surface area contributed by atoms with Gasteiger partial charge in [0, 0.05) is 11.8 Å². The number of nitrogens with zero attached hydrogens (tertiary/aromatic N) is 1. The molecule has 0 spiro atoms. The zero-order valence-corrected chi connectivity index (χ0v) is 20.6. The first-order valence-electron chi connectivity index (χ1n) is 11.5. The molecule has 6 atom stereocenters. The number of aliphatic hydroxyl groups excluding tert-OH is 1.